The third kappa shape index (κ3) is 2.72. The molecule has 0 unspecified atom stereocenters. The summed E-state index contributed by atoms with van der Waals surface area (Å²) in [6.07, 6.45) is 1.64. The van der Waals surface area contributed by atoms with Crippen LogP contribution in [0.5, 0.6) is 0 Å². The van der Waals surface area contributed by atoms with Gasteiger partial charge in [0.2, 0.25) is 0 Å². The van der Waals surface area contributed by atoms with E-state index in [4.69, 9.17) is 10.5 Å². The Hall–Kier alpha value is -1.59. The van der Waals surface area contributed by atoms with Crippen LogP contribution in [-0.4, -0.2) is 18.1 Å². The van der Waals surface area contributed by atoms with Gasteiger partial charge in [-0.1, -0.05) is 0 Å². The van der Waals surface area contributed by atoms with Gasteiger partial charge in [-0.15, -0.1) is 0 Å². The largest absolute Gasteiger partial charge is 0.330 e. The molecule has 0 N–H and O–H groups in total. The molecule has 1 aromatic heterocycles. The van der Waals surface area contributed by atoms with Crippen molar-refractivity contribution in [1.82, 2.24) is 4.98 Å². The fourth-order valence-corrected chi connectivity index (χ4v) is 1.18. The number of hydrogen-bond acceptors (Lipinski definition) is 4. The highest BCUT2D eigenvalue weighted by Crippen LogP contribution is 2.13. The van der Waals surface area contributed by atoms with E-state index in [0.29, 0.717) is 5.82 Å². The van der Waals surface area contributed by atoms with Gasteiger partial charge in [-0.2, -0.15) is 10.5 Å². The number of nitrogens with zero attached hydrogens (tertiary/aromatic N) is 4. The lowest BCUT2D eigenvalue weighted by atomic mass is 10.4. The molecular weight excluding hydrogens is 244 g/mol. The Morgan fingerprint density at radius 3 is 2.36 bits per heavy atom. The van der Waals surface area contributed by atoms with Gasteiger partial charge >= 0.3 is 0 Å². The van der Waals surface area contributed by atoms with Crippen LogP contribution in [0.4, 0.5) is 5.82 Å². The molecular formula is C9H7BrN4. The van der Waals surface area contributed by atoms with Crippen molar-refractivity contribution in [2.45, 2.75) is 0 Å². The number of halogens is 1. The van der Waals surface area contributed by atoms with E-state index in [1.165, 1.54) is 0 Å². The SMILES string of the molecule is N#CCN(CC#N)c1ccc(Br)cn1. The van der Waals surface area contributed by atoms with Crippen LogP contribution in [0.15, 0.2) is 22.8 Å². The van der Waals surface area contributed by atoms with Crippen LogP contribution in [0.25, 0.3) is 0 Å². The number of nitriles is 2. The monoisotopic (exact) mass is 250 g/mol. The van der Waals surface area contributed by atoms with Crippen molar-refractivity contribution in [3.05, 3.63) is 22.8 Å². The second-order valence-electron chi connectivity index (χ2n) is 2.51. The molecule has 0 fully saturated rings. The summed E-state index contributed by atoms with van der Waals surface area (Å²) in [6, 6.07) is 7.56. The predicted octanol–water partition coefficient (Wildman–Crippen LogP) is 1.70. The molecule has 1 rings (SSSR count). The van der Waals surface area contributed by atoms with Crippen LogP contribution in [-0.2, 0) is 0 Å². The van der Waals surface area contributed by atoms with Gasteiger partial charge in [0.15, 0.2) is 0 Å². The summed E-state index contributed by atoms with van der Waals surface area (Å²) in [5.74, 6) is 0.635. The first kappa shape index (κ1) is 10.5. The third-order valence-electron chi connectivity index (χ3n) is 1.56. The van der Waals surface area contributed by atoms with Gasteiger partial charge in [0.25, 0.3) is 0 Å². The Bertz CT molecular complexity index is 357. The summed E-state index contributed by atoms with van der Waals surface area (Å²) in [4.78, 5) is 5.70. The van der Waals surface area contributed by atoms with Gasteiger partial charge in [-0.25, -0.2) is 4.98 Å². The zero-order valence-corrected chi connectivity index (χ0v) is 8.90. The maximum atomic E-state index is 8.54. The lowest BCUT2D eigenvalue weighted by Gasteiger charge is -2.16. The van der Waals surface area contributed by atoms with Gasteiger partial charge in [-0.05, 0) is 28.1 Å². The van der Waals surface area contributed by atoms with Crippen LogP contribution in [0, 0.1) is 22.7 Å². The first-order chi connectivity index (χ1) is 6.77. The number of pyridine rings is 1. The lowest BCUT2D eigenvalue weighted by molar-refractivity contribution is 0.935. The lowest BCUT2D eigenvalue weighted by Crippen LogP contribution is -2.24. The van der Waals surface area contributed by atoms with E-state index in [1.54, 1.807) is 17.2 Å². The van der Waals surface area contributed by atoms with E-state index in [2.05, 4.69) is 20.9 Å². The van der Waals surface area contributed by atoms with Gasteiger partial charge in [0, 0.05) is 10.7 Å². The Kier molecular flexibility index (Phi) is 3.90. The summed E-state index contributed by atoms with van der Waals surface area (Å²) >= 11 is 3.26. The van der Waals surface area contributed by atoms with Crippen molar-refractivity contribution >= 4 is 21.7 Å². The smallest absolute Gasteiger partial charge is 0.130 e. The van der Waals surface area contributed by atoms with Gasteiger partial charge in [0.1, 0.15) is 18.9 Å². The minimum atomic E-state index is 0.169. The van der Waals surface area contributed by atoms with Crippen molar-refractivity contribution < 1.29 is 0 Å². The maximum Gasteiger partial charge on any atom is 0.130 e. The number of aromatic nitrogens is 1. The van der Waals surface area contributed by atoms with Gasteiger partial charge in [-0.3, -0.25) is 0 Å². The fraction of sp³-hybridized carbons (Fsp3) is 0.222. The molecule has 1 aromatic rings. The van der Waals surface area contributed by atoms with Gasteiger partial charge in [0.05, 0.1) is 12.1 Å². The average molecular weight is 251 g/mol. The Morgan fingerprint density at radius 2 is 1.93 bits per heavy atom. The minimum absolute atomic E-state index is 0.169. The Balaban J connectivity index is 2.84. The highest BCUT2D eigenvalue weighted by atomic mass is 79.9. The van der Waals surface area contributed by atoms with E-state index in [9.17, 15) is 0 Å². The summed E-state index contributed by atoms with van der Waals surface area (Å²) in [6.45, 7) is 0.338. The highest BCUT2D eigenvalue weighted by Gasteiger charge is 2.05. The second-order valence-corrected chi connectivity index (χ2v) is 3.42. The summed E-state index contributed by atoms with van der Waals surface area (Å²) < 4.78 is 0.870. The first-order valence-corrected chi connectivity index (χ1v) is 4.67. The second kappa shape index (κ2) is 5.21. The molecule has 4 nitrogen and oxygen atoms in total. The molecule has 14 heavy (non-hydrogen) atoms. The molecule has 0 radical (unpaired) electrons. The van der Waals surface area contributed by atoms with Crippen molar-refractivity contribution in [2.24, 2.45) is 0 Å². The normalized spacial score (nSPS) is 8.79. The number of hydrogen-bond donors (Lipinski definition) is 0. The van der Waals surface area contributed by atoms with E-state index < -0.39 is 0 Å². The fourth-order valence-electron chi connectivity index (χ4n) is 0.944. The summed E-state index contributed by atoms with van der Waals surface area (Å²) in [7, 11) is 0. The van der Waals surface area contributed by atoms with Crippen LogP contribution in [0.3, 0.4) is 0 Å². The van der Waals surface area contributed by atoms with E-state index >= 15 is 0 Å². The molecule has 0 bridgehead atoms. The first-order valence-electron chi connectivity index (χ1n) is 3.88. The number of anilines is 1. The van der Waals surface area contributed by atoms with Crippen molar-refractivity contribution in [3.8, 4) is 12.1 Å². The molecule has 0 amide bonds. The summed E-state index contributed by atoms with van der Waals surface area (Å²) in [5.41, 5.74) is 0. The Labute approximate surface area is 90.5 Å². The molecule has 0 aliphatic carbocycles. The zero-order valence-electron chi connectivity index (χ0n) is 7.31. The molecule has 0 aromatic carbocycles. The molecule has 0 saturated carbocycles. The molecule has 1 heterocycles. The van der Waals surface area contributed by atoms with Crippen molar-refractivity contribution in [2.75, 3.05) is 18.0 Å². The molecule has 0 saturated heterocycles. The average Bonchev–Trinajstić information content (AvgIpc) is 2.19. The molecule has 0 spiro atoms. The molecule has 0 atom stereocenters. The van der Waals surface area contributed by atoms with Crippen molar-refractivity contribution in [1.29, 1.82) is 10.5 Å². The van der Waals surface area contributed by atoms with Crippen LogP contribution in [0.2, 0.25) is 0 Å². The number of rotatable bonds is 3. The molecule has 5 heteroatoms. The maximum absolute atomic E-state index is 8.54. The highest BCUT2D eigenvalue weighted by molar-refractivity contribution is 9.10. The van der Waals surface area contributed by atoms with E-state index in [-0.39, 0.29) is 13.1 Å². The Morgan fingerprint density at radius 1 is 1.29 bits per heavy atom. The molecule has 0 aliphatic heterocycles. The standard InChI is InChI=1S/C9H7BrN4/c10-8-1-2-9(13-7-8)14(5-3-11)6-4-12/h1-2,7H,5-6H2. The predicted molar refractivity (Wildman–Crippen MR) is 55.4 cm³/mol. The van der Waals surface area contributed by atoms with E-state index in [1.807, 2.05) is 18.2 Å². The van der Waals surface area contributed by atoms with Crippen LogP contribution < -0.4 is 4.90 Å². The molecule has 70 valence electrons. The molecule has 0 aliphatic rings. The topological polar surface area (TPSA) is 63.7 Å². The van der Waals surface area contributed by atoms with Crippen LogP contribution >= 0.6 is 15.9 Å². The third-order valence-corrected chi connectivity index (χ3v) is 2.03. The summed E-state index contributed by atoms with van der Waals surface area (Å²) in [5, 5.41) is 17.1. The van der Waals surface area contributed by atoms with Gasteiger partial charge < -0.3 is 4.90 Å². The quantitative estimate of drug-likeness (QED) is 0.767. The van der Waals surface area contributed by atoms with E-state index in [0.717, 1.165) is 4.47 Å². The minimum Gasteiger partial charge on any atom is -0.330 e. The van der Waals surface area contributed by atoms with Crippen LogP contribution in [0.1, 0.15) is 0 Å². The van der Waals surface area contributed by atoms with Crippen molar-refractivity contribution in [3.63, 3.8) is 0 Å². The zero-order chi connectivity index (χ0) is 10.4.